The number of rotatable bonds is 1. The molecule has 0 amide bonds. The predicted molar refractivity (Wildman–Crippen MR) is 37.4 cm³/mol. The molecule has 0 aromatic rings. The van der Waals surface area contributed by atoms with Crippen LogP contribution in [0.4, 0.5) is 0 Å². The summed E-state index contributed by atoms with van der Waals surface area (Å²) in [6.07, 6.45) is -3.73. The summed E-state index contributed by atoms with van der Waals surface area (Å²) < 4.78 is 9.93. The average molecular weight is 197 g/mol. The van der Waals surface area contributed by atoms with Crippen LogP contribution < -0.4 is 0 Å². The van der Waals surface area contributed by atoms with E-state index in [4.69, 9.17) is 26.2 Å². The molecule has 0 aromatic heterocycles. The van der Waals surface area contributed by atoms with Gasteiger partial charge in [-0.25, -0.2) is 0 Å². The van der Waals surface area contributed by atoms with E-state index in [2.05, 4.69) is 0 Å². The smallest absolute Gasteiger partial charge is 0.279 e. The van der Waals surface area contributed by atoms with Gasteiger partial charge in [-0.2, -0.15) is 0 Å². The molecule has 0 saturated carbocycles. The Morgan fingerprint density at radius 1 is 1.33 bits per heavy atom. The Morgan fingerprint density at radius 2 is 2.00 bits per heavy atom. The second kappa shape index (κ2) is 2.54. The highest BCUT2D eigenvalue weighted by atomic mass is 35.5. The summed E-state index contributed by atoms with van der Waals surface area (Å²) in [5.41, 5.74) is 0. The minimum atomic E-state index is -1.67. The largest absolute Gasteiger partial charge is 0.394 e. The molecule has 2 saturated heterocycles. The zero-order chi connectivity index (χ0) is 8.93. The summed E-state index contributed by atoms with van der Waals surface area (Å²) >= 11 is 5.65. The van der Waals surface area contributed by atoms with Crippen LogP contribution in [0.3, 0.4) is 0 Å². The molecule has 2 bridgehead atoms. The Hall–Kier alpha value is 0.0900. The van der Waals surface area contributed by atoms with Gasteiger partial charge in [0, 0.05) is 0 Å². The summed E-state index contributed by atoms with van der Waals surface area (Å²) in [5.74, 6) is 0. The molecule has 0 radical (unpaired) electrons. The number of halogens is 1. The van der Waals surface area contributed by atoms with Crippen LogP contribution in [0.5, 0.6) is 0 Å². The standard InChI is InChI=1S/C6H9ClO5/c7-6-5(10)3(9)4(12-6)2(1-8)11-6/h2-5,8-10H,1H2/t2-,3-,4-,5-,6+/m1/s1. The number of fused-ring (bicyclic) bond motifs is 2. The third kappa shape index (κ3) is 0.921. The quantitative estimate of drug-likeness (QED) is 0.440. The Balaban J connectivity index is 2.21. The van der Waals surface area contributed by atoms with Crippen molar-refractivity contribution in [2.75, 3.05) is 6.61 Å². The monoisotopic (exact) mass is 196 g/mol. The van der Waals surface area contributed by atoms with Gasteiger partial charge in [0.15, 0.2) is 6.10 Å². The van der Waals surface area contributed by atoms with Crippen molar-refractivity contribution >= 4 is 11.6 Å². The highest BCUT2D eigenvalue weighted by Crippen LogP contribution is 2.45. The van der Waals surface area contributed by atoms with Crippen molar-refractivity contribution in [3.63, 3.8) is 0 Å². The second-order valence-electron chi connectivity index (χ2n) is 2.94. The van der Waals surface area contributed by atoms with Crippen LogP contribution in [0.15, 0.2) is 0 Å². The Kier molecular flexibility index (Phi) is 1.84. The molecule has 12 heavy (non-hydrogen) atoms. The van der Waals surface area contributed by atoms with Gasteiger partial charge in [-0.05, 0) is 0 Å². The summed E-state index contributed by atoms with van der Waals surface area (Å²) in [6.45, 7) is -0.289. The van der Waals surface area contributed by atoms with E-state index < -0.39 is 29.7 Å². The molecule has 0 aliphatic carbocycles. The minimum Gasteiger partial charge on any atom is -0.394 e. The lowest BCUT2D eigenvalue weighted by Gasteiger charge is -2.28. The maximum absolute atomic E-state index is 9.30. The van der Waals surface area contributed by atoms with E-state index in [1.165, 1.54) is 0 Å². The third-order valence-electron chi connectivity index (χ3n) is 2.17. The molecule has 5 nitrogen and oxygen atoms in total. The summed E-state index contributed by atoms with van der Waals surface area (Å²) in [4.78, 5) is 0. The van der Waals surface area contributed by atoms with Crippen molar-refractivity contribution < 1.29 is 24.8 Å². The summed E-state index contributed by atoms with van der Waals surface area (Å²) in [7, 11) is 0. The third-order valence-corrected chi connectivity index (χ3v) is 2.57. The minimum absolute atomic E-state index is 0.289. The van der Waals surface area contributed by atoms with E-state index in [0.29, 0.717) is 0 Å². The van der Waals surface area contributed by atoms with Crippen molar-refractivity contribution in [1.29, 1.82) is 0 Å². The lowest BCUT2D eigenvalue weighted by Crippen LogP contribution is -2.50. The van der Waals surface area contributed by atoms with Crippen LogP contribution in [0, 0.1) is 0 Å². The topological polar surface area (TPSA) is 79.2 Å². The maximum Gasteiger partial charge on any atom is 0.279 e. The van der Waals surface area contributed by atoms with Gasteiger partial charge >= 0.3 is 0 Å². The lowest BCUT2D eigenvalue weighted by atomic mass is 10.0. The van der Waals surface area contributed by atoms with Crippen LogP contribution >= 0.6 is 11.6 Å². The van der Waals surface area contributed by atoms with Crippen molar-refractivity contribution in [2.45, 2.75) is 29.7 Å². The van der Waals surface area contributed by atoms with Gasteiger partial charge < -0.3 is 24.8 Å². The molecule has 3 N–H and O–H groups in total. The number of aliphatic hydroxyl groups excluding tert-OH is 3. The van der Waals surface area contributed by atoms with Gasteiger partial charge in [0.2, 0.25) is 0 Å². The highest BCUT2D eigenvalue weighted by molar-refractivity contribution is 6.22. The Morgan fingerprint density at radius 3 is 2.42 bits per heavy atom. The average Bonchev–Trinajstić information content (AvgIpc) is 2.49. The molecule has 70 valence electrons. The fraction of sp³-hybridized carbons (Fsp3) is 1.00. The predicted octanol–water partition coefficient (Wildman–Crippen LogP) is -1.61. The van der Waals surface area contributed by atoms with E-state index in [1.807, 2.05) is 0 Å². The molecule has 2 rings (SSSR count). The summed E-state index contributed by atoms with van der Waals surface area (Å²) in [5, 5.41) is 25.6. The van der Waals surface area contributed by atoms with Crippen molar-refractivity contribution in [1.82, 2.24) is 0 Å². The van der Waals surface area contributed by atoms with Gasteiger partial charge in [0.05, 0.1) is 6.61 Å². The fourth-order valence-corrected chi connectivity index (χ4v) is 1.86. The second-order valence-corrected chi connectivity index (χ2v) is 3.47. The van der Waals surface area contributed by atoms with Gasteiger partial charge in [0.1, 0.15) is 18.3 Å². The number of aliphatic hydroxyl groups is 3. The molecule has 2 aliphatic heterocycles. The van der Waals surface area contributed by atoms with E-state index in [0.717, 1.165) is 0 Å². The lowest BCUT2D eigenvalue weighted by molar-refractivity contribution is -0.170. The van der Waals surface area contributed by atoms with E-state index in [1.54, 1.807) is 0 Å². The van der Waals surface area contributed by atoms with Crippen LogP contribution in [0.1, 0.15) is 0 Å². The van der Waals surface area contributed by atoms with E-state index in [-0.39, 0.29) is 6.61 Å². The number of ether oxygens (including phenoxy) is 2. The molecule has 6 heteroatoms. The molecule has 2 aliphatic rings. The molecule has 2 heterocycles. The van der Waals surface area contributed by atoms with E-state index in [9.17, 15) is 10.2 Å². The van der Waals surface area contributed by atoms with Crippen molar-refractivity contribution in [3.05, 3.63) is 0 Å². The number of alkyl halides is 1. The van der Waals surface area contributed by atoms with Gasteiger partial charge in [-0.1, -0.05) is 11.6 Å². The van der Waals surface area contributed by atoms with Crippen LogP contribution in [0.25, 0.3) is 0 Å². The van der Waals surface area contributed by atoms with Crippen molar-refractivity contribution in [3.8, 4) is 0 Å². The first-order chi connectivity index (χ1) is 5.58. The van der Waals surface area contributed by atoms with Gasteiger partial charge in [0.25, 0.3) is 5.25 Å². The molecule has 0 unspecified atom stereocenters. The zero-order valence-electron chi connectivity index (χ0n) is 6.05. The number of hydrogen-bond donors (Lipinski definition) is 3. The molecule has 5 atom stereocenters. The van der Waals surface area contributed by atoms with Crippen LogP contribution in [-0.4, -0.2) is 51.6 Å². The fourth-order valence-electron chi connectivity index (χ4n) is 1.52. The van der Waals surface area contributed by atoms with Crippen molar-refractivity contribution in [2.24, 2.45) is 0 Å². The van der Waals surface area contributed by atoms with Crippen LogP contribution in [0.2, 0.25) is 0 Å². The zero-order valence-corrected chi connectivity index (χ0v) is 6.81. The molecular formula is C6H9ClO5. The molecule has 2 fully saturated rings. The first-order valence-corrected chi connectivity index (χ1v) is 3.98. The van der Waals surface area contributed by atoms with E-state index >= 15 is 0 Å². The molecule has 0 spiro atoms. The number of hydrogen-bond acceptors (Lipinski definition) is 5. The normalized spacial score (nSPS) is 58.0. The first kappa shape index (κ1) is 8.68. The highest BCUT2D eigenvalue weighted by Gasteiger charge is 2.64. The summed E-state index contributed by atoms with van der Waals surface area (Å²) in [6, 6.07) is 0. The SMILES string of the molecule is OC[C@H]1O[C@]2(Cl)O[C@H]1[C@@H](O)[C@H]2O. The van der Waals surface area contributed by atoms with Crippen LogP contribution in [-0.2, 0) is 9.47 Å². The van der Waals surface area contributed by atoms with Gasteiger partial charge in [-0.15, -0.1) is 0 Å². The first-order valence-electron chi connectivity index (χ1n) is 3.60. The molecular weight excluding hydrogens is 188 g/mol. The maximum atomic E-state index is 9.30. The Labute approximate surface area is 73.5 Å². The molecule has 0 aromatic carbocycles. The Bertz CT molecular complexity index is 194. The van der Waals surface area contributed by atoms with Gasteiger partial charge in [-0.3, -0.25) is 0 Å².